The molecule has 61 heavy (non-hydrogen) atoms. The molecular weight excluding hydrogens is 787 g/mol. The van der Waals surface area contributed by atoms with Gasteiger partial charge in [0.25, 0.3) is 0 Å². The van der Waals surface area contributed by atoms with Crippen molar-refractivity contribution >= 4 is 76.5 Å². The summed E-state index contributed by atoms with van der Waals surface area (Å²) in [6.07, 6.45) is 3.40. The molecule has 3 aliphatic rings. The summed E-state index contributed by atoms with van der Waals surface area (Å²) < 4.78 is 0. The number of allylic oxidation sites excluding steroid dienone is 1. The molecule has 0 amide bonds. The number of hydrogen-bond donors (Lipinski definition) is 0. The second-order valence-corrected chi connectivity index (χ2v) is 28.1. The summed E-state index contributed by atoms with van der Waals surface area (Å²) in [4.78, 5) is 5.31. The molecule has 11 rings (SSSR count). The fourth-order valence-electron chi connectivity index (χ4n) is 10.5. The number of fused-ring (bicyclic) bond motifs is 8. The van der Waals surface area contributed by atoms with Crippen LogP contribution < -0.4 is 30.8 Å². The smallest absolute Gasteiger partial charge is 0.180 e. The molecule has 1 nitrogen and oxygen atoms in total. The molecular formula is C57H49NSSi2. The van der Waals surface area contributed by atoms with Crippen molar-refractivity contribution < 1.29 is 0 Å². The van der Waals surface area contributed by atoms with Gasteiger partial charge in [0.2, 0.25) is 0 Å². The number of rotatable bonds is 5. The molecule has 0 fully saturated rings. The quantitative estimate of drug-likeness (QED) is 0.159. The molecule has 0 radical (unpaired) electrons. The van der Waals surface area contributed by atoms with Crippen molar-refractivity contribution in [1.82, 2.24) is 0 Å². The van der Waals surface area contributed by atoms with E-state index in [4.69, 9.17) is 0 Å². The van der Waals surface area contributed by atoms with Crippen molar-refractivity contribution in [3.63, 3.8) is 0 Å². The van der Waals surface area contributed by atoms with E-state index in [9.17, 15) is 0 Å². The maximum Gasteiger partial charge on any atom is 0.180 e. The van der Waals surface area contributed by atoms with Crippen LogP contribution in [0.4, 0.5) is 17.1 Å². The van der Waals surface area contributed by atoms with Crippen molar-refractivity contribution in [2.24, 2.45) is 0 Å². The fourth-order valence-corrected chi connectivity index (χ4v) is 18.1. The zero-order chi connectivity index (χ0) is 41.6. The van der Waals surface area contributed by atoms with Gasteiger partial charge in [0.1, 0.15) is 0 Å². The Balaban J connectivity index is 1.25. The zero-order valence-electron chi connectivity index (χ0n) is 35.8. The molecule has 0 unspecified atom stereocenters. The van der Waals surface area contributed by atoms with E-state index < -0.39 is 16.1 Å². The maximum absolute atomic E-state index is 2.78. The van der Waals surface area contributed by atoms with Crippen molar-refractivity contribution in [3.05, 3.63) is 209 Å². The van der Waals surface area contributed by atoms with Crippen LogP contribution in [0.2, 0.25) is 19.6 Å². The van der Waals surface area contributed by atoms with Crippen LogP contribution >= 0.6 is 11.8 Å². The molecule has 0 aliphatic carbocycles. The lowest BCUT2D eigenvalue weighted by Gasteiger charge is -2.37. The lowest BCUT2D eigenvalue weighted by molar-refractivity contribution is 1.09. The van der Waals surface area contributed by atoms with Crippen molar-refractivity contribution in [1.29, 1.82) is 0 Å². The van der Waals surface area contributed by atoms with E-state index in [1.165, 1.54) is 114 Å². The highest BCUT2D eigenvalue weighted by molar-refractivity contribution is 7.99. The Labute approximate surface area is 367 Å². The summed E-state index contributed by atoms with van der Waals surface area (Å²) in [6.45, 7) is 14.1. The van der Waals surface area contributed by atoms with Crippen LogP contribution in [0.1, 0.15) is 33.4 Å². The molecule has 8 aromatic rings. The Kier molecular flexibility index (Phi) is 8.94. The summed E-state index contributed by atoms with van der Waals surface area (Å²) in [6, 6.07) is 65.7. The number of hydrogen-bond acceptors (Lipinski definition) is 2. The average molecular weight is 836 g/mol. The second-order valence-electron chi connectivity index (χ2n) is 18.2. The number of para-hydroxylation sites is 1. The molecule has 3 heterocycles. The Morgan fingerprint density at radius 3 is 1.85 bits per heavy atom. The Morgan fingerprint density at radius 1 is 0.508 bits per heavy atom. The van der Waals surface area contributed by atoms with Crippen LogP contribution in [-0.2, 0) is 6.42 Å². The first-order valence-corrected chi connectivity index (χ1v) is 28.0. The van der Waals surface area contributed by atoms with Crippen molar-refractivity contribution in [2.45, 2.75) is 56.6 Å². The largest absolute Gasteiger partial charge is 0.309 e. The molecule has 3 aliphatic heterocycles. The number of anilines is 3. The van der Waals surface area contributed by atoms with Gasteiger partial charge in [-0.25, -0.2) is 0 Å². The molecule has 0 aromatic heterocycles. The Morgan fingerprint density at radius 2 is 1.16 bits per heavy atom. The SMILES string of the molecule is Cc1cc2c3c(c1)N(c1c(C)cccc1C)c1cc4c(cc1/C(=C/C3)c1ccc(-c3ccc([Si](C)(C)C)cc3)cc1S2)-c1ccccc1[Si]4(c1ccccc1)c1ccccc1. The van der Waals surface area contributed by atoms with E-state index in [1.54, 1.807) is 0 Å². The van der Waals surface area contributed by atoms with Crippen LogP contribution in [0.3, 0.4) is 0 Å². The van der Waals surface area contributed by atoms with Gasteiger partial charge in [-0.3, -0.25) is 0 Å². The monoisotopic (exact) mass is 835 g/mol. The average Bonchev–Trinajstić information content (AvgIpc) is 3.55. The predicted molar refractivity (Wildman–Crippen MR) is 268 cm³/mol. The van der Waals surface area contributed by atoms with Gasteiger partial charge >= 0.3 is 0 Å². The minimum Gasteiger partial charge on any atom is -0.309 e. The van der Waals surface area contributed by atoms with E-state index in [2.05, 4.69) is 221 Å². The maximum atomic E-state index is 2.66. The van der Waals surface area contributed by atoms with E-state index >= 15 is 0 Å². The summed E-state index contributed by atoms with van der Waals surface area (Å²) >= 11 is 1.95. The van der Waals surface area contributed by atoms with Gasteiger partial charge in [-0.15, -0.1) is 0 Å². The van der Waals surface area contributed by atoms with Crippen molar-refractivity contribution in [3.8, 4) is 22.3 Å². The minimum absolute atomic E-state index is 0.855. The highest BCUT2D eigenvalue weighted by atomic mass is 32.2. The van der Waals surface area contributed by atoms with Crippen LogP contribution in [-0.4, -0.2) is 16.1 Å². The summed E-state index contributed by atoms with van der Waals surface area (Å²) in [5.41, 5.74) is 18.2. The van der Waals surface area contributed by atoms with Gasteiger partial charge in [0.15, 0.2) is 8.07 Å². The van der Waals surface area contributed by atoms with Crippen LogP contribution in [0.25, 0.3) is 27.8 Å². The summed E-state index contributed by atoms with van der Waals surface area (Å²) in [5.74, 6) is 0. The highest BCUT2D eigenvalue weighted by Crippen LogP contribution is 2.53. The zero-order valence-corrected chi connectivity index (χ0v) is 38.6. The molecule has 4 heteroatoms. The Hall–Kier alpha value is -5.92. The van der Waals surface area contributed by atoms with Gasteiger partial charge in [-0.05, 0) is 134 Å². The van der Waals surface area contributed by atoms with E-state index in [0.29, 0.717) is 0 Å². The second kappa shape index (κ2) is 14.3. The normalized spacial score (nSPS) is 15.3. The van der Waals surface area contributed by atoms with Gasteiger partial charge in [0, 0.05) is 15.4 Å². The molecule has 2 bridgehead atoms. The molecule has 0 saturated carbocycles. The minimum atomic E-state index is -2.78. The molecule has 8 aromatic carbocycles. The van der Waals surface area contributed by atoms with Gasteiger partial charge in [-0.1, -0.05) is 182 Å². The van der Waals surface area contributed by atoms with Crippen molar-refractivity contribution in [2.75, 3.05) is 4.90 Å². The van der Waals surface area contributed by atoms with E-state index in [0.717, 1.165) is 6.42 Å². The van der Waals surface area contributed by atoms with Gasteiger partial charge < -0.3 is 4.90 Å². The molecule has 0 saturated heterocycles. The third kappa shape index (κ3) is 5.95. The lowest BCUT2D eigenvalue weighted by Crippen LogP contribution is -2.72. The van der Waals surface area contributed by atoms with Crippen LogP contribution in [0, 0.1) is 20.8 Å². The fraction of sp³-hybridized carbons (Fsp3) is 0.123. The van der Waals surface area contributed by atoms with Crippen LogP contribution in [0.5, 0.6) is 0 Å². The van der Waals surface area contributed by atoms with E-state index in [1.807, 2.05) is 11.8 Å². The first kappa shape index (κ1) is 38.0. The first-order chi connectivity index (χ1) is 29.6. The third-order valence-corrected chi connectivity index (χ3v) is 21.5. The number of benzene rings is 8. The lowest BCUT2D eigenvalue weighted by atomic mass is 9.87. The topological polar surface area (TPSA) is 3.24 Å². The first-order valence-electron chi connectivity index (χ1n) is 21.6. The van der Waals surface area contributed by atoms with Crippen LogP contribution in [0.15, 0.2) is 186 Å². The number of nitrogens with zero attached hydrogens (tertiary/aromatic N) is 1. The molecule has 0 atom stereocenters. The predicted octanol–water partition coefficient (Wildman–Crippen LogP) is 12.1. The number of aryl methyl sites for hydroxylation is 3. The molecule has 0 N–H and O–H groups in total. The van der Waals surface area contributed by atoms with E-state index in [-0.39, 0.29) is 0 Å². The third-order valence-electron chi connectivity index (χ3n) is 13.4. The standard InChI is InChI=1S/C57H49NSSi2/c1-37-32-51-48-31-30-45(46-29-26-41(34-54(46)59-53(48)33-37)40-24-27-42(28-25-40)60(4,5)6)49-35-50-47-22-13-14-23-55(47)61(43-18-9-7-10-19-43,44-20-11-8-12-21-44)56(50)36-52(49)58(51)57-38(2)16-15-17-39(57)3/h7-30,32-36H,31H2,1-6H3/b45-30+. The van der Waals surface area contributed by atoms with Gasteiger partial charge in [-0.2, -0.15) is 0 Å². The van der Waals surface area contributed by atoms with Gasteiger partial charge in [0.05, 0.1) is 25.1 Å². The summed E-state index contributed by atoms with van der Waals surface area (Å²) in [7, 11) is -4.20. The summed E-state index contributed by atoms with van der Waals surface area (Å²) in [5, 5.41) is 7.25. The highest BCUT2D eigenvalue weighted by Gasteiger charge is 2.49. The molecule has 0 spiro atoms. The molecule has 296 valence electrons. The Bertz CT molecular complexity index is 3030.